The Morgan fingerprint density at radius 3 is 1.07 bits per heavy atom. The number of pyridine rings is 6. The van der Waals surface area contributed by atoms with Crippen LogP contribution in [0.2, 0.25) is 0 Å². The molecule has 0 spiro atoms. The number of benzene rings is 4. The zero-order valence-corrected chi connectivity index (χ0v) is 74.6. The number of carbonyl (C=O) groups is 8. The Bertz CT molecular complexity index is 7070. The number of ether oxygens (including phenoxy) is 1. The number of Topliss-reactive ketones (excluding diaryl/α,β-unsaturated/α-hetero) is 4. The molecule has 13 heterocycles. The summed E-state index contributed by atoms with van der Waals surface area (Å²) in [5.41, 5.74) is 19.7. The van der Waals surface area contributed by atoms with E-state index in [1.807, 2.05) is 60.6 Å². The third-order valence-electron chi connectivity index (χ3n) is 22.0. The quantitative estimate of drug-likeness (QED) is 0.00985. The number of aromatic nitrogens is 14. The Balaban J connectivity index is 0.000000144. The lowest BCUT2D eigenvalue weighted by atomic mass is 10.0. The fraction of sp³-hybridized carbons (Fsp3) is 0.212. The van der Waals surface area contributed by atoms with Crippen LogP contribution < -0.4 is 37.6 Å². The molecule has 4 amide bonds. The molecule has 1 aliphatic rings. The number of likely N-dealkylation sites (N-methyl/N-ethyl adjacent to an activating group) is 1. The second-order valence-electron chi connectivity index (χ2n) is 32.4. The highest BCUT2D eigenvalue weighted by Crippen LogP contribution is 2.40. The summed E-state index contributed by atoms with van der Waals surface area (Å²) in [6.07, 6.45) is 21.1. The summed E-state index contributed by atoms with van der Waals surface area (Å²) < 4.78 is 58.7. The van der Waals surface area contributed by atoms with Gasteiger partial charge in [-0.15, -0.1) is 0 Å². The molecule has 1 fully saturated rings. The average molecular weight is 1810 g/mol. The average Bonchev–Trinajstić information content (AvgIpc) is 1.61. The normalized spacial score (nSPS) is 11.8. The standard InChI is InChI=1S/C26H25FN6O3.C26H27FN6O2.C24H22FN5O2.C23H20FN5O2/c1-15(2)18-13-29-23(16-3-5-17(27)6-4-16)32-24(18)31-20-7-8-28-25-21(20)19(14-30-25)22(34)26(35)33-9-11-36-12-10-33;1-4-5-11-29-26(35)22(34)19-14-31-25-21(19)20(10-12-28-25)32-24-18(15(2)3)13-30-23(33-24)16-6-8-17(27)9-7-16;1-13(2)16-11-28-19(14-4-6-15(25)7-5-14)10-20(16)30-18-8-9-27-23-21(18)17(12-29-23)22(31)24(32)26-3;1-12(2)15-10-27-18(13-3-5-14(24)6-4-13)9-19(15)29-17-7-8-26-23-20(17)16(11-28-23)21(30)22(25)31/h3-8,13-15H,9-12H2,1-2H3,(H2,28,29,30,31,32);6-10,12-15H,4-5,11H2,1-3H3,(H,29,35)(H2,28,30,31,32,33);4-13H,1-3H3,(H,26,32)(H2,27,28,29,30);3-12H,1-2H3,(H2,25,31)(H2,26,27,28,29). The lowest BCUT2D eigenvalue weighted by molar-refractivity contribution is -0.130. The van der Waals surface area contributed by atoms with E-state index in [0.717, 1.165) is 57.6 Å². The molecule has 1 saturated heterocycles. The Kier molecular flexibility index (Phi) is 29.3. The van der Waals surface area contributed by atoms with Gasteiger partial charge in [0.25, 0.3) is 46.8 Å². The second kappa shape index (κ2) is 42.0. The smallest absolute Gasteiger partial charge is 0.295 e. The summed E-state index contributed by atoms with van der Waals surface area (Å²) in [4.78, 5) is 158. The van der Waals surface area contributed by atoms with Crippen LogP contribution in [0.25, 0.3) is 89.4 Å². The number of H-pyrrole nitrogens is 4. The fourth-order valence-corrected chi connectivity index (χ4v) is 14.8. The molecular formula is C99H94F4N22O9. The Morgan fingerprint density at radius 2 is 0.731 bits per heavy atom. The molecule has 12 N–H and O–H groups in total. The summed E-state index contributed by atoms with van der Waals surface area (Å²) in [5, 5.41) is 20.4. The van der Waals surface area contributed by atoms with Crippen LogP contribution in [0.15, 0.2) is 208 Å². The third kappa shape index (κ3) is 21.3. The lowest BCUT2D eigenvalue weighted by Crippen LogP contribution is -2.44. The van der Waals surface area contributed by atoms with E-state index >= 15 is 0 Å². The molecule has 12 aromatic heterocycles. The van der Waals surface area contributed by atoms with Gasteiger partial charge in [-0.1, -0.05) is 68.7 Å². The number of primary amides is 1. The van der Waals surface area contributed by atoms with Crippen molar-refractivity contribution in [2.24, 2.45) is 5.73 Å². The summed E-state index contributed by atoms with van der Waals surface area (Å²) in [7, 11) is 1.41. The van der Waals surface area contributed by atoms with Crippen molar-refractivity contribution >= 4 is 137 Å². The van der Waals surface area contributed by atoms with Crippen LogP contribution in [0, 0.1) is 23.3 Å². The van der Waals surface area contributed by atoms with Crippen LogP contribution in [0.5, 0.6) is 0 Å². The number of rotatable bonds is 27. The Morgan fingerprint density at radius 1 is 0.403 bits per heavy atom. The summed E-state index contributed by atoms with van der Waals surface area (Å²) in [5.74, 6) is -4.49. The van der Waals surface area contributed by atoms with Gasteiger partial charge in [0.1, 0.15) is 57.5 Å². The molecule has 0 radical (unpaired) electrons. The van der Waals surface area contributed by atoms with Crippen molar-refractivity contribution in [3.63, 3.8) is 0 Å². The highest BCUT2D eigenvalue weighted by Gasteiger charge is 2.31. The molecule has 0 aliphatic carbocycles. The van der Waals surface area contributed by atoms with Gasteiger partial charge in [0.15, 0.2) is 11.6 Å². The minimum Gasteiger partial charge on any atom is -0.378 e. The van der Waals surface area contributed by atoms with Crippen LogP contribution in [0.3, 0.4) is 0 Å². The number of halogens is 4. The number of amides is 4. The first-order valence-electron chi connectivity index (χ1n) is 43.1. The Hall–Kier alpha value is -16.5. The number of nitrogens with one attached hydrogen (secondary N) is 10. The number of ketones is 4. The van der Waals surface area contributed by atoms with Crippen molar-refractivity contribution in [3.8, 4) is 45.3 Å². The van der Waals surface area contributed by atoms with Crippen LogP contribution >= 0.6 is 0 Å². The number of nitrogens with zero attached hydrogens (tertiary/aromatic N) is 11. The van der Waals surface area contributed by atoms with Crippen LogP contribution in [-0.4, -0.2) is 161 Å². The first kappa shape index (κ1) is 93.7. The lowest BCUT2D eigenvalue weighted by Gasteiger charge is -2.26. The van der Waals surface area contributed by atoms with E-state index in [9.17, 15) is 55.9 Å². The maximum absolute atomic E-state index is 13.4. The van der Waals surface area contributed by atoms with Crippen LogP contribution in [0.1, 0.15) is 163 Å². The minimum absolute atomic E-state index is 0.0994. The molecule has 0 atom stereocenters. The van der Waals surface area contributed by atoms with Crippen molar-refractivity contribution in [2.45, 2.75) is 98.8 Å². The highest BCUT2D eigenvalue weighted by molar-refractivity contribution is 6.47. The van der Waals surface area contributed by atoms with E-state index in [4.69, 9.17) is 20.4 Å². The molecule has 0 bridgehead atoms. The fourth-order valence-electron chi connectivity index (χ4n) is 14.8. The van der Waals surface area contributed by atoms with Gasteiger partial charge in [-0.05, 0) is 175 Å². The number of unbranched alkanes of at least 4 members (excludes halogenated alkanes) is 1. The maximum atomic E-state index is 13.4. The molecule has 134 heavy (non-hydrogen) atoms. The zero-order chi connectivity index (χ0) is 95.1. The van der Waals surface area contributed by atoms with Crippen molar-refractivity contribution in [1.29, 1.82) is 0 Å². The van der Waals surface area contributed by atoms with Gasteiger partial charge in [0.2, 0.25) is 0 Å². The molecular weight excluding hydrogens is 1720 g/mol. The molecule has 17 rings (SSSR count). The predicted molar refractivity (Wildman–Crippen MR) is 504 cm³/mol. The topological polar surface area (TPSA) is 439 Å². The SMILES string of the molecule is CC(C)c1cnc(-c2ccc(F)cc2)cc1Nc1ccnc2[nH]cc(C(=O)C(N)=O)c12.CC(C)c1cnc(-c2ccc(F)cc2)nc1Nc1ccnc2[nH]cc(C(=O)C(=O)N3CCOCC3)c12.CCCCNC(=O)C(=O)c1c[nH]c2nccc(Nc3nc(-c4ccc(F)cc4)ncc3C(C)C)c12.CNC(=O)C(=O)c1c[nH]c2nccc(Nc3cc(-c4ccc(F)cc4)ncc3C(C)C)c12. The van der Waals surface area contributed by atoms with E-state index in [2.05, 4.69) is 106 Å². The molecule has 0 unspecified atom stereocenters. The van der Waals surface area contributed by atoms with Crippen LogP contribution in [0.4, 0.5) is 63.3 Å². The second-order valence-corrected chi connectivity index (χ2v) is 32.4. The highest BCUT2D eigenvalue weighted by atomic mass is 19.1. The van der Waals surface area contributed by atoms with Crippen molar-refractivity contribution in [2.75, 3.05) is 61.2 Å². The van der Waals surface area contributed by atoms with Crippen molar-refractivity contribution in [3.05, 3.63) is 276 Å². The molecule has 16 aromatic rings. The molecule has 1 aliphatic heterocycles. The number of nitrogens with two attached hydrogens (primary N) is 1. The zero-order valence-electron chi connectivity index (χ0n) is 74.6. The van der Waals surface area contributed by atoms with Gasteiger partial charge >= 0.3 is 0 Å². The number of hydrogen-bond donors (Lipinski definition) is 11. The first-order valence-corrected chi connectivity index (χ1v) is 43.1. The van der Waals surface area contributed by atoms with Gasteiger partial charge in [-0.2, -0.15) is 0 Å². The molecule has 35 heteroatoms. The molecule has 0 saturated carbocycles. The Labute approximate surface area is 765 Å². The minimum atomic E-state index is -1.04. The van der Waals surface area contributed by atoms with Gasteiger partial charge in [0.05, 0.1) is 91.1 Å². The summed E-state index contributed by atoms with van der Waals surface area (Å²) in [6.45, 7) is 20.3. The van der Waals surface area contributed by atoms with Crippen molar-refractivity contribution < 1.29 is 60.7 Å². The molecule has 682 valence electrons. The summed E-state index contributed by atoms with van der Waals surface area (Å²) >= 11 is 0. The number of hydrogen-bond acceptors (Lipinski definition) is 23. The number of morpholine rings is 1. The molecule has 31 nitrogen and oxygen atoms in total. The number of anilines is 8. The van der Waals surface area contributed by atoms with E-state index in [1.54, 1.807) is 122 Å². The van der Waals surface area contributed by atoms with Gasteiger partial charge in [-0.25, -0.2) is 57.4 Å². The summed E-state index contributed by atoms with van der Waals surface area (Å²) in [6, 6.07) is 34.8. The van der Waals surface area contributed by atoms with Crippen LogP contribution in [-0.2, 0) is 23.9 Å². The van der Waals surface area contributed by atoms with E-state index < -0.39 is 46.8 Å². The third-order valence-corrected chi connectivity index (χ3v) is 22.0. The predicted octanol–water partition coefficient (Wildman–Crippen LogP) is 18.1. The van der Waals surface area contributed by atoms with Gasteiger partial charge in [0, 0.05) is 146 Å². The van der Waals surface area contributed by atoms with Crippen molar-refractivity contribution in [1.82, 2.24) is 85.3 Å². The number of fused-ring (bicyclic) bond motifs is 4. The first-order chi connectivity index (χ1) is 64.5. The largest absolute Gasteiger partial charge is 0.378 e. The van der Waals surface area contributed by atoms with E-state index in [1.165, 1.54) is 85.3 Å². The van der Waals surface area contributed by atoms with E-state index in [-0.39, 0.29) is 69.2 Å². The van der Waals surface area contributed by atoms with Gasteiger partial charge < -0.3 is 67.2 Å². The van der Waals surface area contributed by atoms with E-state index in [0.29, 0.717) is 146 Å². The maximum Gasteiger partial charge on any atom is 0.295 e. The number of carbonyl (C=O) groups excluding carboxylic acids is 8. The monoisotopic (exact) mass is 1810 g/mol. The van der Waals surface area contributed by atoms with Gasteiger partial charge in [-0.3, -0.25) is 48.3 Å². The number of aromatic amines is 4. The molecule has 4 aromatic carbocycles.